The van der Waals surface area contributed by atoms with E-state index in [-0.39, 0.29) is 18.5 Å². The van der Waals surface area contributed by atoms with Crippen molar-refractivity contribution >= 4 is 11.9 Å². The zero-order valence-electron chi connectivity index (χ0n) is 54.4. The molecule has 0 radical (unpaired) electrons. The lowest BCUT2D eigenvalue weighted by Crippen LogP contribution is -2.60. The molecule has 84 heavy (non-hydrogen) atoms. The molecule has 1 amide bonds. The summed E-state index contributed by atoms with van der Waals surface area (Å²) in [6.45, 7) is 4.29. The van der Waals surface area contributed by atoms with Gasteiger partial charge in [0, 0.05) is 12.8 Å². The maximum absolute atomic E-state index is 13.1. The van der Waals surface area contributed by atoms with Crippen molar-refractivity contribution in [2.45, 2.75) is 371 Å². The van der Waals surface area contributed by atoms with Gasteiger partial charge in [0.1, 0.15) is 24.4 Å². The standard InChI is InChI=1S/C73H133NO10/c1-3-5-7-9-11-13-15-17-36-39-43-47-51-55-59-66(76)65(64-83-73-72(81)71(80)70(79)67(63-75)84-73)74-68(77)60-56-52-48-44-40-37-33-31-29-27-25-23-21-19-18-20-22-24-26-28-30-32-34-38-42-46-50-54-58-62-82-69(78)61-57-53-49-45-41-35-16-14-12-10-8-6-4-2/h8,10,14,16,18,20,24,26,55,59,65-67,70-73,75-76,79-81H,3-7,9,11-13,15,17,19,21-23,25,27-54,56-58,60-64H2,1-2H3,(H,74,77)/b10-8-,16-14-,20-18-,26-24-,59-55+. The third-order valence-electron chi connectivity index (χ3n) is 16.6. The molecule has 11 nitrogen and oxygen atoms in total. The number of allylic oxidation sites excluding steroid dienone is 9. The Kier molecular flexibility index (Phi) is 58.6. The van der Waals surface area contributed by atoms with Crippen LogP contribution in [0.4, 0.5) is 0 Å². The SMILES string of the molecule is CCC/C=C\C/C=C\CCCCCCCC(=O)OCCCCCCCCCCC/C=C\C/C=C\CCCCCCCCCCCCCCCC(=O)NC(COC1OC(CO)C(O)C(O)C1O)C(O)/C=C/CCCCCCCCCCCCCC. The van der Waals surface area contributed by atoms with Gasteiger partial charge in [0.05, 0.1) is 32.0 Å². The van der Waals surface area contributed by atoms with E-state index in [0.29, 0.717) is 19.4 Å². The highest BCUT2D eigenvalue weighted by atomic mass is 16.7. The second-order valence-electron chi connectivity index (χ2n) is 24.6. The van der Waals surface area contributed by atoms with Crippen LogP contribution in [-0.4, -0.2) is 100 Å². The Balaban J connectivity index is 2.00. The third kappa shape index (κ3) is 50.4. The number of hydrogen-bond donors (Lipinski definition) is 6. The molecular weight excluding hydrogens is 1050 g/mol. The van der Waals surface area contributed by atoms with Crippen molar-refractivity contribution in [3.05, 3.63) is 60.8 Å². The van der Waals surface area contributed by atoms with Crippen molar-refractivity contribution in [3.8, 4) is 0 Å². The molecule has 0 saturated carbocycles. The molecule has 0 aromatic rings. The lowest BCUT2D eigenvalue weighted by molar-refractivity contribution is -0.302. The molecule has 6 N–H and O–H groups in total. The summed E-state index contributed by atoms with van der Waals surface area (Å²) in [6.07, 6.45) is 72.0. The van der Waals surface area contributed by atoms with Crippen molar-refractivity contribution in [3.63, 3.8) is 0 Å². The first-order valence-electron chi connectivity index (χ1n) is 35.6. The van der Waals surface area contributed by atoms with Crippen molar-refractivity contribution in [2.75, 3.05) is 19.8 Å². The largest absolute Gasteiger partial charge is 0.466 e. The normalized spacial score (nSPS) is 18.4. The Morgan fingerprint density at radius 1 is 0.440 bits per heavy atom. The summed E-state index contributed by atoms with van der Waals surface area (Å²) >= 11 is 0. The summed E-state index contributed by atoms with van der Waals surface area (Å²) in [7, 11) is 0. The van der Waals surface area contributed by atoms with Crippen LogP contribution in [0.1, 0.15) is 328 Å². The average Bonchev–Trinajstić information content (AvgIpc) is 3.58. The quantitative estimate of drug-likeness (QED) is 0.0195. The number of esters is 1. The fraction of sp³-hybridized carbons (Fsp3) is 0.836. The van der Waals surface area contributed by atoms with Crippen molar-refractivity contribution in [2.24, 2.45) is 0 Å². The number of aliphatic hydroxyl groups is 5. The monoisotopic (exact) mass is 1180 g/mol. The number of nitrogens with one attached hydrogen (secondary N) is 1. The van der Waals surface area contributed by atoms with Crippen LogP contribution in [0, 0.1) is 0 Å². The molecule has 11 heteroatoms. The van der Waals surface area contributed by atoms with E-state index in [1.54, 1.807) is 6.08 Å². The predicted molar refractivity (Wildman–Crippen MR) is 352 cm³/mol. The fourth-order valence-corrected chi connectivity index (χ4v) is 11.0. The molecule has 7 atom stereocenters. The lowest BCUT2D eigenvalue weighted by Gasteiger charge is -2.40. The van der Waals surface area contributed by atoms with E-state index < -0.39 is 49.5 Å². The van der Waals surface area contributed by atoms with Crippen molar-refractivity contribution in [1.82, 2.24) is 5.32 Å². The van der Waals surface area contributed by atoms with Crippen LogP contribution in [0.3, 0.4) is 0 Å². The van der Waals surface area contributed by atoms with Gasteiger partial charge in [-0.25, -0.2) is 0 Å². The zero-order valence-corrected chi connectivity index (χ0v) is 54.4. The van der Waals surface area contributed by atoms with Gasteiger partial charge in [0.25, 0.3) is 0 Å². The van der Waals surface area contributed by atoms with Crippen LogP contribution in [0.15, 0.2) is 60.8 Å². The summed E-state index contributed by atoms with van der Waals surface area (Å²) in [5.74, 6) is -0.194. The zero-order chi connectivity index (χ0) is 60.9. The molecule has 1 saturated heterocycles. The molecule has 0 spiro atoms. The van der Waals surface area contributed by atoms with Gasteiger partial charge in [0.15, 0.2) is 6.29 Å². The van der Waals surface area contributed by atoms with Gasteiger partial charge in [-0.3, -0.25) is 9.59 Å². The van der Waals surface area contributed by atoms with E-state index in [2.05, 4.69) is 67.8 Å². The van der Waals surface area contributed by atoms with Crippen LogP contribution in [-0.2, 0) is 23.8 Å². The molecule has 0 bridgehead atoms. The molecule has 1 aliphatic rings. The molecular formula is C73H133NO10. The predicted octanol–water partition coefficient (Wildman–Crippen LogP) is 18.1. The van der Waals surface area contributed by atoms with Crippen LogP contribution in [0.5, 0.6) is 0 Å². The smallest absolute Gasteiger partial charge is 0.305 e. The van der Waals surface area contributed by atoms with Crippen molar-refractivity contribution in [1.29, 1.82) is 0 Å². The minimum absolute atomic E-state index is 0.0123. The van der Waals surface area contributed by atoms with Gasteiger partial charge in [-0.05, 0) is 89.9 Å². The molecule has 0 aliphatic carbocycles. The Morgan fingerprint density at radius 2 is 0.821 bits per heavy atom. The summed E-state index contributed by atoms with van der Waals surface area (Å²) in [6, 6.07) is -0.812. The average molecular weight is 1180 g/mol. The van der Waals surface area contributed by atoms with Gasteiger partial charge in [-0.1, -0.05) is 286 Å². The maximum Gasteiger partial charge on any atom is 0.305 e. The first kappa shape index (κ1) is 79.4. The molecule has 490 valence electrons. The summed E-state index contributed by atoms with van der Waals surface area (Å²) < 4.78 is 16.7. The fourth-order valence-electron chi connectivity index (χ4n) is 11.0. The van der Waals surface area contributed by atoms with Crippen LogP contribution < -0.4 is 5.32 Å². The number of aliphatic hydroxyl groups excluding tert-OH is 5. The maximum atomic E-state index is 13.1. The molecule has 0 aromatic carbocycles. The Bertz CT molecular complexity index is 1580. The Labute approximate surface area is 516 Å². The van der Waals surface area contributed by atoms with E-state index >= 15 is 0 Å². The minimum atomic E-state index is -1.57. The first-order valence-corrected chi connectivity index (χ1v) is 35.6. The van der Waals surface area contributed by atoms with E-state index in [9.17, 15) is 35.1 Å². The topological polar surface area (TPSA) is 175 Å². The van der Waals surface area contributed by atoms with E-state index in [0.717, 1.165) is 83.5 Å². The summed E-state index contributed by atoms with van der Waals surface area (Å²) in [5, 5.41) is 54.5. The number of unbranched alkanes of at least 4 members (excludes halogenated alkanes) is 40. The molecule has 0 aromatic heterocycles. The number of amides is 1. The molecule has 1 heterocycles. The minimum Gasteiger partial charge on any atom is -0.466 e. The summed E-state index contributed by atoms with van der Waals surface area (Å²) in [4.78, 5) is 25.1. The third-order valence-corrected chi connectivity index (χ3v) is 16.6. The van der Waals surface area contributed by atoms with Gasteiger partial charge >= 0.3 is 5.97 Å². The number of rotatable bonds is 62. The second-order valence-corrected chi connectivity index (χ2v) is 24.6. The van der Waals surface area contributed by atoms with E-state index in [4.69, 9.17) is 14.2 Å². The van der Waals surface area contributed by atoms with Crippen molar-refractivity contribution < 1.29 is 49.3 Å². The highest BCUT2D eigenvalue weighted by Gasteiger charge is 2.44. The van der Waals surface area contributed by atoms with Crippen LogP contribution >= 0.6 is 0 Å². The number of carbonyl (C=O) groups excluding carboxylic acids is 2. The number of ether oxygens (including phenoxy) is 3. The van der Waals surface area contributed by atoms with Crippen LogP contribution in [0.25, 0.3) is 0 Å². The lowest BCUT2D eigenvalue weighted by atomic mass is 9.99. The highest BCUT2D eigenvalue weighted by molar-refractivity contribution is 5.76. The van der Waals surface area contributed by atoms with Gasteiger partial charge in [-0.2, -0.15) is 0 Å². The summed E-state index contributed by atoms with van der Waals surface area (Å²) in [5.41, 5.74) is 0. The van der Waals surface area contributed by atoms with Crippen LogP contribution in [0.2, 0.25) is 0 Å². The Morgan fingerprint density at radius 3 is 1.25 bits per heavy atom. The molecule has 1 fully saturated rings. The number of hydrogen-bond acceptors (Lipinski definition) is 10. The van der Waals surface area contributed by atoms with Gasteiger partial charge in [-0.15, -0.1) is 0 Å². The Hall–Kier alpha value is -2.64. The second kappa shape index (κ2) is 62.0. The number of carbonyl (C=O) groups is 2. The molecule has 1 aliphatic heterocycles. The molecule has 7 unspecified atom stereocenters. The van der Waals surface area contributed by atoms with E-state index in [1.165, 1.54) is 218 Å². The van der Waals surface area contributed by atoms with Gasteiger partial charge in [0.2, 0.25) is 5.91 Å². The molecule has 1 rings (SSSR count). The first-order chi connectivity index (χ1) is 41.2. The van der Waals surface area contributed by atoms with Gasteiger partial charge < -0.3 is 45.1 Å². The highest BCUT2D eigenvalue weighted by Crippen LogP contribution is 2.23. The van der Waals surface area contributed by atoms with E-state index in [1.807, 2.05) is 6.08 Å².